The number of carbonyl (C=O) groups is 1. The average molecular weight is 452 g/mol. The molecule has 1 aliphatic rings. The maximum atomic E-state index is 11.3. The predicted molar refractivity (Wildman–Crippen MR) is 133 cm³/mol. The summed E-state index contributed by atoms with van der Waals surface area (Å²) in [7, 11) is 0. The zero-order valence-corrected chi connectivity index (χ0v) is 19.1. The van der Waals surface area contributed by atoms with E-state index in [0.29, 0.717) is 6.54 Å². The van der Waals surface area contributed by atoms with Crippen molar-refractivity contribution >= 4 is 5.97 Å². The number of carboxylic acids is 1. The van der Waals surface area contributed by atoms with E-state index in [2.05, 4.69) is 88.5 Å². The van der Waals surface area contributed by atoms with Crippen LogP contribution in [0, 0.1) is 5.92 Å². The minimum Gasteiger partial charge on any atom is -0.481 e. The molecule has 0 bridgehead atoms. The van der Waals surface area contributed by atoms with E-state index in [0.717, 1.165) is 31.6 Å². The highest BCUT2D eigenvalue weighted by Crippen LogP contribution is 2.40. The van der Waals surface area contributed by atoms with Crippen LogP contribution in [0.4, 0.5) is 0 Å². The molecule has 1 saturated heterocycles. The average Bonchev–Trinajstić information content (AvgIpc) is 3.56. The van der Waals surface area contributed by atoms with Crippen molar-refractivity contribution in [2.75, 3.05) is 19.6 Å². The number of carboxylic acid groups (broad SMARTS) is 1. The summed E-state index contributed by atoms with van der Waals surface area (Å²) in [6.45, 7) is 2.27. The number of aliphatic carboxylic acids is 1. The Morgan fingerprint density at radius 2 is 1.41 bits per heavy atom. The van der Waals surface area contributed by atoms with Gasteiger partial charge >= 0.3 is 5.97 Å². The van der Waals surface area contributed by atoms with Crippen LogP contribution in [-0.4, -0.2) is 45.2 Å². The standard InChI is InChI=1S/C29H29N3O2/c33-28(34)23-16-18-31(20-23)19-17-27-21-32(22-30-27)29(24-10-4-1-5-11-24,25-12-6-2-7-13-25)26-14-8-3-9-15-26/h1-15,21-23H,16-20H2,(H,33,34)/t23-/m1/s1. The number of rotatable bonds is 8. The maximum Gasteiger partial charge on any atom is 0.307 e. The Hall–Kier alpha value is -3.70. The first kappa shape index (κ1) is 22.1. The van der Waals surface area contributed by atoms with Gasteiger partial charge in [-0.2, -0.15) is 0 Å². The Morgan fingerprint density at radius 3 is 1.88 bits per heavy atom. The summed E-state index contributed by atoms with van der Waals surface area (Å²) < 4.78 is 2.23. The molecule has 0 unspecified atom stereocenters. The molecule has 34 heavy (non-hydrogen) atoms. The third kappa shape index (κ3) is 4.15. The zero-order chi connectivity index (χ0) is 23.4. The molecule has 2 heterocycles. The normalized spacial score (nSPS) is 16.5. The Labute approximate surface area is 200 Å². The van der Waals surface area contributed by atoms with Gasteiger partial charge in [-0.1, -0.05) is 91.0 Å². The van der Waals surface area contributed by atoms with Gasteiger partial charge in [0.25, 0.3) is 0 Å². The van der Waals surface area contributed by atoms with E-state index < -0.39 is 11.5 Å². The summed E-state index contributed by atoms with van der Waals surface area (Å²) in [5.41, 5.74) is 3.95. The van der Waals surface area contributed by atoms with Gasteiger partial charge in [0.2, 0.25) is 0 Å². The number of hydrogen-bond acceptors (Lipinski definition) is 3. The van der Waals surface area contributed by atoms with E-state index in [9.17, 15) is 9.90 Å². The molecular formula is C29H29N3O2. The van der Waals surface area contributed by atoms with Crippen LogP contribution < -0.4 is 0 Å². The van der Waals surface area contributed by atoms with Gasteiger partial charge < -0.3 is 14.6 Å². The van der Waals surface area contributed by atoms with E-state index in [1.54, 1.807) is 0 Å². The number of imidazole rings is 1. The van der Waals surface area contributed by atoms with Crippen molar-refractivity contribution in [2.45, 2.75) is 18.4 Å². The van der Waals surface area contributed by atoms with Crippen molar-refractivity contribution in [1.29, 1.82) is 0 Å². The van der Waals surface area contributed by atoms with Crippen molar-refractivity contribution in [3.63, 3.8) is 0 Å². The molecule has 4 aromatic rings. The summed E-state index contributed by atoms with van der Waals surface area (Å²) >= 11 is 0. The second-order valence-corrected chi connectivity index (χ2v) is 8.96. The number of benzene rings is 3. The molecule has 3 aromatic carbocycles. The Bertz CT molecular complexity index is 1130. The van der Waals surface area contributed by atoms with Crippen LogP contribution >= 0.6 is 0 Å². The Balaban J connectivity index is 1.53. The minimum atomic E-state index is -0.690. The van der Waals surface area contributed by atoms with Crippen molar-refractivity contribution in [3.8, 4) is 0 Å². The molecule has 0 spiro atoms. The molecule has 5 rings (SSSR count). The molecule has 172 valence electrons. The highest BCUT2D eigenvalue weighted by atomic mass is 16.4. The van der Waals surface area contributed by atoms with Gasteiger partial charge in [-0.05, 0) is 29.7 Å². The van der Waals surface area contributed by atoms with Crippen molar-refractivity contribution < 1.29 is 9.90 Å². The van der Waals surface area contributed by atoms with Gasteiger partial charge in [0.1, 0.15) is 5.54 Å². The van der Waals surface area contributed by atoms with Crippen molar-refractivity contribution in [1.82, 2.24) is 14.5 Å². The molecule has 0 saturated carbocycles. The SMILES string of the molecule is O=C(O)[C@@H]1CCN(CCc2cn(C(c3ccccc3)(c3ccccc3)c3ccccc3)cn2)C1. The third-order valence-corrected chi connectivity index (χ3v) is 6.90. The number of likely N-dealkylation sites (tertiary alicyclic amines) is 1. The van der Waals surface area contributed by atoms with Crippen LogP contribution in [0.2, 0.25) is 0 Å². The van der Waals surface area contributed by atoms with Crippen molar-refractivity contribution in [2.24, 2.45) is 5.92 Å². The molecule has 0 aliphatic carbocycles. The molecule has 0 amide bonds. The Kier molecular flexibility index (Phi) is 6.28. The lowest BCUT2D eigenvalue weighted by Gasteiger charge is -2.37. The zero-order valence-electron chi connectivity index (χ0n) is 19.1. The smallest absolute Gasteiger partial charge is 0.307 e. The van der Waals surface area contributed by atoms with E-state index in [1.165, 1.54) is 16.7 Å². The number of aromatic nitrogens is 2. The lowest BCUT2D eigenvalue weighted by Crippen LogP contribution is -2.37. The molecule has 1 atom stereocenters. The summed E-state index contributed by atoms with van der Waals surface area (Å²) in [5.74, 6) is -0.940. The fourth-order valence-corrected chi connectivity index (χ4v) is 5.17. The second-order valence-electron chi connectivity index (χ2n) is 8.96. The molecule has 1 aliphatic heterocycles. The van der Waals surface area contributed by atoms with Gasteiger partial charge in [0.05, 0.1) is 17.9 Å². The molecule has 5 nitrogen and oxygen atoms in total. The van der Waals surface area contributed by atoms with Gasteiger partial charge in [-0.25, -0.2) is 4.98 Å². The van der Waals surface area contributed by atoms with E-state index in [-0.39, 0.29) is 5.92 Å². The molecule has 0 radical (unpaired) electrons. The van der Waals surface area contributed by atoms with E-state index in [1.807, 2.05) is 24.5 Å². The third-order valence-electron chi connectivity index (χ3n) is 6.90. The number of hydrogen-bond donors (Lipinski definition) is 1. The van der Waals surface area contributed by atoms with Crippen molar-refractivity contribution in [3.05, 3.63) is 126 Å². The largest absolute Gasteiger partial charge is 0.481 e. The van der Waals surface area contributed by atoms with Gasteiger partial charge in [0.15, 0.2) is 0 Å². The van der Waals surface area contributed by atoms with Gasteiger partial charge in [-0.15, -0.1) is 0 Å². The fourth-order valence-electron chi connectivity index (χ4n) is 5.17. The molecule has 5 heteroatoms. The predicted octanol–water partition coefficient (Wildman–Crippen LogP) is 4.67. The topological polar surface area (TPSA) is 58.4 Å². The Morgan fingerprint density at radius 1 is 0.882 bits per heavy atom. The summed E-state index contributed by atoms with van der Waals surface area (Å²) in [4.78, 5) is 18.3. The first-order chi connectivity index (χ1) is 16.7. The maximum absolute atomic E-state index is 11.3. The first-order valence-corrected chi connectivity index (χ1v) is 11.8. The van der Waals surface area contributed by atoms with Crippen LogP contribution in [0.15, 0.2) is 104 Å². The minimum absolute atomic E-state index is 0.251. The first-order valence-electron chi connectivity index (χ1n) is 11.8. The summed E-state index contributed by atoms with van der Waals surface area (Å²) in [6.07, 6.45) is 5.60. The monoisotopic (exact) mass is 451 g/mol. The van der Waals surface area contributed by atoms with Crippen LogP contribution in [0.5, 0.6) is 0 Å². The van der Waals surface area contributed by atoms with Gasteiger partial charge in [-0.3, -0.25) is 4.79 Å². The van der Waals surface area contributed by atoms with E-state index >= 15 is 0 Å². The van der Waals surface area contributed by atoms with Crippen LogP contribution in [0.3, 0.4) is 0 Å². The summed E-state index contributed by atoms with van der Waals surface area (Å²) in [6, 6.07) is 31.7. The fraction of sp³-hybridized carbons (Fsp3) is 0.241. The van der Waals surface area contributed by atoms with Gasteiger partial charge in [0, 0.05) is 25.7 Å². The van der Waals surface area contributed by atoms with E-state index in [4.69, 9.17) is 4.98 Å². The number of nitrogens with zero attached hydrogens (tertiary/aromatic N) is 3. The molecular weight excluding hydrogens is 422 g/mol. The highest BCUT2D eigenvalue weighted by Gasteiger charge is 2.38. The lowest BCUT2D eigenvalue weighted by atomic mass is 9.77. The lowest BCUT2D eigenvalue weighted by molar-refractivity contribution is -0.141. The molecule has 1 N–H and O–H groups in total. The van der Waals surface area contributed by atoms with Crippen LogP contribution in [-0.2, 0) is 16.8 Å². The van der Waals surface area contributed by atoms with Crippen LogP contribution in [0.1, 0.15) is 28.8 Å². The second kappa shape index (κ2) is 9.65. The highest BCUT2D eigenvalue weighted by molar-refractivity contribution is 5.70. The molecule has 1 fully saturated rings. The summed E-state index contributed by atoms with van der Waals surface area (Å²) in [5, 5.41) is 9.29. The quantitative estimate of drug-likeness (QED) is 0.396. The molecule has 1 aromatic heterocycles. The van der Waals surface area contributed by atoms with Crippen LogP contribution in [0.25, 0.3) is 0 Å².